The molecule has 0 bridgehead atoms. The van der Waals surface area contributed by atoms with Gasteiger partial charge in [0.25, 0.3) is 0 Å². The first-order valence-electron chi connectivity index (χ1n) is 4.55. The van der Waals surface area contributed by atoms with E-state index in [2.05, 4.69) is 0 Å². The molecule has 0 radical (unpaired) electrons. The van der Waals surface area contributed by atoms with Gasteiger partial charge < -0.3 is 4.74 Å². The lowest BCUT2D eigenvalue weighted by Gasteiger charge is -2.09. The predicted octanol–water partition coefficient (Wildman–Crippen LogP) is 2.36. The van der Waals surface area contributed by atoms with Crippen LogP contribution in [0, 0.1) is 13.8 Å². The fourth-order valence-electron chi connectivity index (χ4n) is 1.34. The van der Waals surface area contributed by atoms with E-state index in [1.807, 2.05) is 6.92 Å². The Morgan fingerprint density at radius 1 is 1.27 bits per heavy atom. The van der Waals surface area contributed by atoms with Crippen LogP contribution in [0.1, 0.15) is 18.1 Å². The van der Waals surface area contributed by atoms with Gasteiger partial charge in [-0.25, -0.2) is 0 Å². The summed E-state index contributed by atoms with van der Waals surface area (Å²) in [5.41, 5.74) is 0.963. The van der Waals surface area contributed by atoms with Crippen molar-refractivity contribution < 1.29 is 17.0 Å². The second-order valence-electron chi connectivity index (χ2n) is 3.25. The molecule has 0 aliphatic heterocycles. The Morgan fingerprint density at radius 2 is 1.87 bits per heavy atom. The van der Waals surface area contributed by atoms with Crippen LogP contribution in [-0.4, -0.2) is 15.0 Å². The van der Waals surface area contributed by atoms with Gasteiger partial charge in [-0.1, -0.05) is 0 Å². The third-order valence-corrected chi connectivity index (χ3v) is 3.00. The quantitative estimate of drug-likeness (QED) is 0.751. The van der Waals surface area contributed by atoms with Gasteiger partial charge in [0.15, 0.2) is 0 Å². The van der Waals surface area contributed by atoms with Crippen molar-refractivity contribution in [3.8, 4) is 5.75 Å². The summed E-state index contributed by atoms with van der Waals surface area (Å²) in [5.74, 6) is 0.586. The summed E-state index contributed by atoms with van der Waals surface area (Å²) in [6.45, 7) is 5.53. The minimum Gasteiger partial charge on any atom is -0.494 e. The molecule has 1 aromatic rings. The lowest BCUT2D eigenvalue weighted by Crippen LogP contribution is -2.00. The van der Waals surface area contributed by atoms with Gasteiger partial charge in [-0.15, -0.1) is 3.89 Å². The average molecular weight is 232 g/mol. The molecule has 1 rings (SSSR count). The van der Waals surface area contributed by atoms with Gasteiger partial charge in [-0.05, 0) is 44.0 Å². The summed E-state index contributed by atoms with van der Waals surface area (Å²) in [5, 5.41) is 0. The zero-order valence-electron chi connectivity index (χ0n) is 8.87. The van der Waals surface area contributed by atoms with E-state index in [0.29, 0.717) is 23.5 Å². The van der Waals surface area contributed by atoms with E-state index < -0.39 is 10.2 Å². The first-order chi connectivity index (χ1) is 6.86. The smallest absolute Gasteiger partial charge is 0.332 e. The fraction of sp³-hybridized carbons (Fsp3) is 0.400. The number of ether oxygens (including phenoxy) is 1. The topological polar surface area (TPSA) is 43.4 Å². The number of hydrogen-bond donors (Lipinski definition) is 0. The van der Waals surface area contributed by atoms with Crippen molar-refractivity contribution >= 4 is 10.2 Å². The molecular weight excluding hydrogens is 219 g/mol. The normalized spacial score (nSPS) is 11.5. The summed E-state index contributed by atoms with van der Waals surface area (Å²) in [6.07, 6.45) is 0. The van der Waals surface area contributed by atoms with E-state index in [1.165, 1.54) is 19.1 Å². The Kier molecular flexibility index (Phi) is 3.34. The molecule has 0 saturated carbocycles. The van der Waals surface area contributed by atoms with Gasteiger partial charge in [-0.3, -0.25) is 0 Å². The highest BCUT2D eigenvalue weighted by Gasteiger charge is 2.17. The summed E-state index contributed by atoms with van der Waals surface area (Å²) in [7, 11) is -4.64. The molecule has 0 spiro atoms. The molecule has 0 saturated heterocycles. The molecule has 0 aromatic heterocycles. The van der Waals surface area contributed by atoms with Gasteiger partial charge in [0.2, 0.25) is 0 Å². The van der Waals surface area contributed by atoms with Gasteiger partial charge in [-0.2, -0.15) is 8.42 Å². The maximum atomic E-state index is 12.8. The van der Waals surface area contributed by atoms with Crippen LogP contribution in [0.5, 0.6) is 5.75 Å². The molecule has 5 heteroatoms. The third kappa shape index (κ3) is 2.68. The van der Waals surface area contributed by atoms with Crippen LogP contribution in [-0.2, 0) is 10.2 Å². The molecule has 0 aliphatic carbocycles. The van der Waals surface area contributed by atoms with Gasteiger partial charge in [0, 0.05) is 0 Å². The fourth-order valence-corrected chi connectivity index (χ4v) is 2.10. The second-order valence-corrected chi connectivity index (χ2v) is 4.57. The van der Waals surface area contributed by atoms with Crippen molar-refractivity contribution in [1.29, 1.82) is 0 Å². The molecule has 0 atom stereocenters. The lowest BCUT2D eigenvalue weighted by molar-refractivity contribution is 0.337. The summed E-state index contributed by atoms with van der Waals surface area (Å²) >= 11 is 0. The first kappa shape index (κ1) is 12.0. The van der Waals surface area contributed by atoms with Crippen molar-refractivity contribution in [3.05, 3.63) is 23.3 Å². The van der Waals surface area contributed by atoms with Crippen LogP contribution in [0.25, 0.3) is 0 Å². The summed E-state index contributed by atoms with van der Waals surface area (Å²) < 4.78 is 39.6. The number of halogens is 1. The van der Waals surface area contributed by atoms with Crippen molar-refractivity contribution in [3.63, 3.8) is 0 Å². The first-order valence-corrected chi connectivity index (χ1v) is 5.93. The van der Waals surface area contributed by atoms with Crippen molar-refractivity contribution in [2.75, 3.05) is 6.61 Å². The van der Waals surface area contributed by atoms with Crippen LogP contribution >= 0.6 is 0 Å². The predicted molar refractivity (Wildman–Crippen MR) is 55.4 cm³/mol. The molecular formula is C10H13FO3S. The van der Waals surface area contributed by atoms with E-state index in [-0.39, 0.29) is 4.90 Å². The van der Waals surface area contributed by atoms with Crippen LogP contribution in [0.4, 0.5) is 3.89 Å². The van der Waals surface area contributed by atoms with Crippen LogP contribution in [0.2, 0.25) is 0 Å². The number of benzene rings is 1. The molecule has 15 heavy (non-hydrogen) atoms. The second kappa shape index (κ2) is 4.18. The van der Waals surface area contributed by atoms with Gasteiger partial charge in [0.05, 0.1) is 6.61 Å². The highest BCUT2D eigenvalue weighted by Crippen LogP contribution is 2.26. The van der Waals surface area contributed by atoms with Crippen molar-refractivity contribution in [1.82, 2.24) is 0 Å². The number of aryl methyl sites for hydroxylation is 2. The minimum atomic E-state index is -4.64. The highest BCUT2D eigenvalue weighted by atomic mass is 32.3. The Labute approximate surface area is 89.1 Å². The van der Waals surface area contributed by atoms with Crippen LogP contribution in [0.15, 0.2) is 17.0 Å². The zero-order chi connectivity index (χ0) is 11.6. The highest BCUT2D eigenvalue weighted by molar-refractivity contribution is 7.86. The maximum Gasteiger partial charge on any atom is 0.332 e. The molecule has 84 valence electrons. The van der Waals surface area contributed by atoms with Crippen LogP contribution < -0.4 is 4.74 Å². The van der Waals surface area contributed by atoms with Gasteiger partial charge in [0.1, 0.15) is 10.6 Å². The molecule has 0 heterocycles. The van der Waals surface area contributed by atoms with Crippen molar-refractivity contribution in [2.24, 2.45) is 0 Å². The Balaban J connectivity index is 3.32. The standard InChI is InChI=1S/C10H13FO3S/c1-4-14-9-5-8(3)10(6-7(9)2)15(11,12)13/h5-6H,4H2,1-3H3. The number of hydrogen-bond acceptors (Lipinski definition) is 3. The zero-order valence-corrected chi connectivity index (χ0v) is 9.69. The molecule has 0 unspecified atom stereocenters. The Hall–Kier alpha value is -1.10. The molecule has 1 aromatic carbocycles. The van der Waals surface area contributed by atoms with Crippen LogP contribution in [0.3, 0.4) is 0 Å². The Bertz CT molecular complexity index is 466. The van der Waals surface area contributed by atoms with Gasteiger partial charge >= 0.3 is 10.2 Å². The molecule has 0 N–H and O–H groups in total. The average Bonchev–Trinajstić information content (AvgIpc) is 2.09. The van der Waals surface area contributed by atoms with E-state index in [9.17, 15) is 12.3 Å². The molecule has 3 nitrogen and oxygen atoms in total. The summed E-state index contributed by atoms with van der Waals surface area (Å²) in [6, 6.07) is 2.82. The molecule has 0 aliphatic rings. The van der Waals surface area contributed by atoms with E-state index in [1.54, 1.807) is 6.92 Å². The van der Waals surface area contributed by atoms with Crippen molar-refractivity contribution in [2.45, 2.75) is 25.7 Å². The maximum absolute atomic E-state index is 12.8. The van der Waals surface area contributed by atoms with E-state index in [0.717, 1.165) is 0 Å². The molecule has 0 fully saturated rings. The molecule has 0 amide bonds. The lowest BCUT2D eigenvalue weighted by atomic mass is 10.1. The SMILES string of the molecule is CCOc1cc(C)c(S(=O)(=O)F)cc1C. The number of rotatable bonds is 3. The van der Waals surface area contributed by atoms with E-state index in [4.69, 9.17) is 4.74 Å². The minimum absolute atomic E-state index is 0.288. The summed E-state index contributed by atoms with van der Waals surface area (Å²) in [4.78, 5) is -0.288. The monoisotopic (exact) mass is 232 g/mol. The third-order valence-electron chi connectivity index (χ3n) is 2.04. The largest absolute Gasteiger partial charge is 0.494 e. The Morgan fingerprint density at radius 3 is 2.33 bits per heavy atom. The van der Waals surface area contributed by atoms with E-state index >= 15 is 0 Å².